The highest BCUT2D eigenvalue weighted by Gasteiger charge is 1.92. The van der Waals surface area contributed by atoms with Crippen molar-refractivity contribution in [3.63, 3.8) is 0 Å². The summed E-state index contributed by atoms with van der Waals surface area (Å²) in [6.45, 7) is 6.12. The number of nitrogens with two attached hydrogens (primary N) is 1. The zero-order chi connectivity index (χ0) is 9.56. The molecule has 0 radical (unpaired) electrons. The molecule has 0 aromatic carbocycles. The van der Waals surface area contributed by atoms with Crippen LogP contribution in [-0.2, 0) is 4.74 Å². The van der Waals surface area contributed by atoms with Crippen LogP contribution in [0.2, 0.25) is 0 Å². The first-order chi connectivity index (χ1) is 5.56. The molecule has 3 nitrogen and oxygen atoms in total. The third-order valence-electron chi connectivity index (χ3n) is 1.15. The fourth-order valence-corrected chi connectivity index (χ4v) is 0.917. The zero-order valence-electron chi connectivity index (χ0n) is 8.22. The molecule has 0 bridgehead atoms. The van der Waals surface area contributed by atoms with Crippen LogP contribution in [-0.4, -0.2) is 13.2 Å². The van der Waals surface area contributed by atoms with Crippen LogP contribution in [0.15, 0.2) is 23.7 Å². The Morgan fingerprint density at radius 2 is 2.08 bits per heavy atom. The molecule has 0 saturated heterocycles. The minimum atomic E-state index is 0.427. The van der Waals surface area contributed by atoms with Gasteiger partial charge in [-0.2, -0.15) is 0 Å². The van der Waals surface area contributed by atoms with Gasteiger partial charge in [0.1, 0.15) is 6.26 Å². The predicted molar refractivity (Wildman–Crippen MR) is 51.3 cm³/mol. The van der Waals surface area contributed by atoms with E-state index in [9.17, 15) is 0 Å². The van der Waals surface area contributed by atoms with Crippen molar-refractivity contribution in [2.75, 3.05) is 7.11 Å². The Kier molecular flexibility index (Phi) is 5.00. The van der Waals surface area contributed by atoms with Crippen LogP contribution in [0, 0.1) is 0 Å². The van der Waals surface area contributed by atoms with E-state index in [1.165, 1.54) is 6.26 Å². The van der Waals surface area contributed by atoms with Crippen LogP contribution in [0.5, 0.6) is 0 Å². The van der Waals surface area contributed by atoms with E-state index >= 15 is 0 Å². The Labute approximate surface area is 74.3 Å². The number of nitrogens with one attached hydrogen (secondary N) is 1. The Morgan fingerprint density at radius 1 is 1.50 bits per heavy atom. The highest BCUT2D eigenvalue weighted by molar-refractivity contribution is 5.17. The van der Waals surface area contributed by atoms with Crippen molar-refractivity contribution in [1.29, 1.82) is 0 Å². The van der Waals surface area contributed by atoms with Gasteiger partial charge in [-0.25, -0.2) is 0 Å². The molecule has 0 atom stereocenters. The number of methoxy groups -OCH3 is 1. The van der Waals surface area contributed by atoms with Crippen LogP contribution in [0.3, 0.4) is 0 Å². The van der Waals surface area contributed by atoms with Gasteiger partial charge in [-0.05, 0) is 26.8 Å². The molecule has 0 aromatic heterocycles. The lowest BCUT2D eigenvalue weighted by molar-refractivity contribution is 0.334. The van der Waals surface area contributed by atoms with Crippen molar-refractivity contribution in [3.05, 3.63) is 23.7 Å². The van der Waals surface area contributed by atoms with Crippen LogP contribution in [0.4, 0.5) is 0 Å². The maximum Gasteiger partial charge on any atom is 0.105 e. The summed E-state index contributed by atoms with van der Waals surface area (Å²) in [4.78, 5) is 0. The topological polar surface area (TPSA) is 47.3 Å². The molecule has 0 rings (SSSR count). The van der Waals surface area contributed by atoms with Gasteiger partial charge >= 0.3 is 0 Å². The molecule has 3 heteroatoms. The minimum absolute atomic E-state index is 0.427. The molecule has 0 aromatic rings. The van der Waals surface area contributed by atoms with Crippen LogP contribution in [0.25, 0.3) is 0 Å². The van der Waals surface area contributed by atoms with Gasteiger partial charge in [-0.15, -0.1) is 0 Å². The zero-order valence-corrected chi connectivity index (χ0v) is 8.22. The lowest BCUT2D eigenvalue weighted by Crippen LogP contribution is -2.20. The number of ether oxygens (including phenoxy) is 1. The lowest BCUT2D eigenvalue weighted by Gasteiger charge is -2.09. The van der Waals surface area contributed by atoms with Crippen molar-refractivity contribution in [3.8, 4) is 0 Å². The number of rotatable bonds is 4. The van der Waals surface area contributed by atoms with Gasteiger partial charge in [0.05, 0.1) is 12.8 Å². The van der Waals surface area contributed by atoms with Crippen molar-refractivity contribution < 1.29 is 4.74 Å². The number of allylic oxidation sites excluding steroid dienone is 2. The molecule has 0 saturated carbocycles. The molecule has 0 aliphatic rings. The molecule has 3 N–H and O–H groups in total. The molecule has 0 aliphatic carbocycles. The van der Waals surface area contributed by atoms with Gasteiger partial charge in [0, 0.05) is 11.7 Å². The van der Waals surface area contributed by atoms with Crippen molar-refractivity contribution in [2.24, 2.45) is 5.73 Å². The summed E-state index contributed by atoms with van der Waals surface area (Å²) in [7, 11) is 1.58. The van der Waals surface area contributed by atoms with E-state index in [0.717, 1.165) is 5.70 Å². The first kappa shape index (κ1) is 10.9. The average Bonchev–Trinajstić information content (AvgIpc) is 1.84. The van der Waals surface area contributed by atoms with Crippen molar-refractivity contribution in [2.45, 2.75) is 26.8 Å². The number of hydrogen-bond donors (Lipinski definition) is 2. The third-order valence-corrected chi connectivity index (χ3v) is 1.15. The van der Waals surface area contributed by atoms with E-state index in [4.69, 9.17) is 10.5 Å². The van der Waals surface area contributed by atoms with Gasteiger partial charge in [0.25, 0.3) is 0 Å². The summed E-state index contributed by atoms with van der Waals surface area (Å²) in [5.74, 6) is 0. The first-order valence-electron chi connectivity index (χ1n) is 3.99. The van der Waals surface area contributed by atoms with E-state index < -0.39 is 0 Å². The average molecular weight is 170 g/mol. The second-order valence-corrected chi connectivity index (χ2v) is 2.98. The highest BCUT2D eigenvalue weighted by atomic mass is 16.5. The van der Waals surface area contributed by atoms with E-state index in [-0.39, 0.29) is 0 Å². The van der Waals surface area contributed by atoms with Gasteiger partial charge in [-0.1, -0.05) is 0 Å². The van der Waals surface area contributed by atoms with E-state index in [2.05, 4.69) is 19.2 Å². The molecule has 12 heavy (non-hydrogen) atoms. The Balaban J connectivity index is 4.06. The Hall–Kier alpha value is -1.12. The summed E-state index contributed by atoms with van der Waals surface area (Å²) >= 11 is 0. The lowest BCUT2D eigenvalue weighted by atomic mass is 10.3. The van der Waals surface area contributed by atoms with Crippen LogP contribution < -0.4 is 11.1 Å². The Morgan fingerprint density at radius 3 is 2.50 bits per heavy atom. The summed E-state index contributed by atoms with van der Waals surface area (Å²) in [6.07, 6.45) is 3.34. The second-order valence-electron chi connectivity index (χ2n) is 2.98. The molecule has 0 unspecified atom stereocenters. The first-order valence-corrected chi connectivity index (χ1v) is 3.99. The van der Waals surface area contributed by atoms with Gasteiger partial charge in [0.15, 0.2) is 0 Å². The van der Waals surface area contributed by atoms with Gasteiger partial charge in [-0.3, -0.25) is 0 Å². The standard InChI is InChI=1S/C9H18N2O/c1-7(2)11-8(3)5-9(10)6-12-4/h5-7,11H,10H2,1-4H3/b8-5+,9-6?. The van der Waals surface area contributed by atoms with Crippen molar-refractivity contribution >= 4 is 0 Å². The van der Waals surface area contributed by atoms with E-state index in [1.807, 2.05) is 13.0 Å². The largest absolute Gasteiger partial charge is 0.502 e. The fraction of sp³-hybridized carbons (Fsp3) is 0.556. The van der Waals surface area contributed by atoms with E-state index in [0.29, 0.717) is 11.7 Å². The second kappa shape index (κ2) is 5.52. The molecular formula is C9H18N2O. The fourth-order valence-electron chi connectivity index (χ4n) is 0.917. The molecular weight excluding hydrogens is 152 g/mol. The molecule has 0 spiro atoms. The molecule has 0 aliphatic heterocycles. The minimum Gasteiger partial charge on any atom is -0.502 e. The quantitative estimate of drug-likeness (QED) is 0.494. The summed E-state index contributed by atoms with van der Waals surface area (Å²) in [6, 6.07) is 0.427. The summed E-state index contributed by atoms with van der Waals surface area (Å²) < 4.78 is 4.75. The predicted octanol–water partition coefficient (Wildman–Crippen LogP) is 1.33. The maximum absolute atomic E-state index is 5.58. The van der Waals surface area contributed by atoms with Gasteiger partial charge < -0.3 is 15.8 Å². The van der Waals surface area contributed by atoms with Gasteiger partial charge in [0.2, 0.25) is 0 Å². The van der Waals surface area contributed by atoms with E-state index in [1.54, 1.807) is 7.11 Å². The molecule has 0 heterocycles. The third kappa shape index (κ3) is 5.65. The highest BCUT2D eigenvalue weighted by Crippen LogP contribution is 1.95. The summed E-state index contributed by atoms with van der Waals surface area (Å²) in [5.41, 5.74) is 7.23. The summed E-state index contributed by atoms with van der Waals surface area (Å²) in [5, 5.41) is 3.22. The SMILES string of the molecule is COC=C(N)/C=C(\C)NC(C)C. The number of hydrogen-bond acceptors (Lipinski definition) is 3. The molecule has 0 amide bonds. The monoisotopic (exact) mass is 170 g/mol. The van der Waals surface area contributed by atoms with Crippen LogP contribution in [0.1, 0.15) is 20.8 Å². The molecule has 70 valence electrons. The smallest absolute Gasteiger partial charge is 0.105 e. The normalized spacial score (nSPS) is 13.4. The Bertz CT molecular complexity index is 183. The molecule has 0 fully saturated rings. The van der Waals surface area contributed by atoms with Crippen molar-refractivity contribution in [1.82, 2.24) is 5.32 Å². The maximum atomic E-state index is 5.58. The van der Waals surface area contributed by atoms with Crippen LogP contribution >= 0.6 is 0 Å².